The van der Waals surface area contributed by atoms with Crippen LogP contribution in [0, 0.1) is 0 Å². The van der Waals surface area contributed by atoms with E-state index in [4.69, 9.17) is 15.3 Å². The van der Waals surface area contributed by atoms with Gasteiger partial charge in [-0.1, -0.05) is 12.4 Å². The second-order valence-electron chi connectivity index (χ2n) is 2.09. The fourth-order valence-corrected chi connectivity index (χ4v) is 0.530. The van der Waals surface area contributed by atoms with Crippen molar-refractivity contribution in [2.45, 2.75) is 13.3 Å². The highest BCUT2D eigenvalue weighted by molar-refractivity contribution is 4.33. The molecule has 67 valence electrons. The van der Waals surface area contributed by atoms with Crippen molar-refractivity contribution in [1.82, 2.24) is 5.48 Å². The Bertz CT molecular complexity index is 63.5. The van der Waals surface area contributed by atoms with Crippen molar-refractivity contribution < 1.29 is 9.57 Å². The Kier molecular flexibility index (Phi) is 9.70. The molecule has 11 heavy (non-hydrogen) atoms. The molecular formula is C7H17N2O2. The number of rotatable bonds is 8. The Morgan fingerprint density at radius 2 is 2.09 bits per heavy atom. The summed E-state index contributed by atoms with van der Waals surface area (Å²) in [5.41, 5.74) is 8.90. The van der Waals surface area contributed by atoms with E-state index in [0.29, 0.717) is 26.3 Å². The van der Waals surface area contributed by atoms with Crippen molar-refractivity contribution in [1.29, 1.82) is 0 Å². The van der Waals surface area contributed by atoms with E-state index in [1.807, 2.05) is 0 Å². The quantitative estimate of drug-likeness (QED) is 0.400. The zero-order valence-electron chi connectivity index (χ0n) is 7.08. The normalized spacial score (nSPS) is 10.4. The Balaban J connectivity index is 2.69. The summed E-state index contributed by atoms with van der Waals surface area (Å²) in [6.45, 7) is 5.11. The predicted octanol–water partition coefficient (Wildman–Crippen LogP) is -0.0923. The van der Waals surface area contributed by atoms with E-state index in [2.05, 4.69) is 12.4 Å². The second-order valence-corrected chi connectivity index (χ2v) is 2.09. The average Bonchev–Trinajstić information content (AvgIpc) is 2.03. The van der Waals surface area contributed by atoms with Crippen molar-refractivity contribution in [2.75, 3.05) is 32.9 Å². The van der Waals surface area contributed by atoms with Gasteiger partial charge in [-0.3, -0.25) is 4.84 Å². The summed E-state index contributed by atoms with van der Waals surface area (Å²) in [7, 11) is 0. The van der Waals surface area contributed by atoms with Gasteiger partial charge in [0.15, 0.2) is 0 Å². The van der Waals surface area contributed by atoms with Crippen LogP contribution in [0.3, 0.4) is 0 Å². The number of hydrogen-bond acceptors (Lipinski definition) is 3. The molecule has 0 aromatic carbocycles. The van der Waals surface area contributed by atoms with Gasteiger partial charge in [0, 0.05) is 13.2 Å². The summed E-state index contributed by atoms with van der Waals surface area (Å²) in [6.07, 6.45) is 1.05. The van der Waals surface area contributed by atoms with Gasteiger partial charge in [0.2, 0.25) is 0 Å². The third-order valence-corrected chi connectivity index (χ3v) is 0.976. The molecular weight excluding hydrogens is 144 g/mol. The zero-order chi connectivity index (χ0) is 8.36. The zero-order valence-corrected chi connectivity index (χ0v) is 7.08. The van der Waals surface area contributed by atoms with Crippen molar-refractivity contribution in [2.24, 2.45) is 5.73 Å². The molecule has 0 aliphatic rings. The first kappa shape index (κ1) is 10.8. The maximum absolute atomic E-state index is 5.17. The highest BCUT2D eigenvalue weighted by Crippen LogP contribution is 1.78. The summed E-state index contributed by atoms with van der Waals surface area (Å²) in [6, 6.07) is 0. The van der Waals surface area contributed by atoms with Gasteiger partial charge < -0.3 is 10.5 Å². The third-order valence-electron chi connectivity index (χ3n) is 0.976. The lowest BCUT2D eigenvalue weighted by molar-refractivity contribution is 0.0174. The standard InChI is InChI=1S/C7H17N2O2/c1-2-5-10-7-4-9-11-6-3-8/h2-8H2,1H3. The molecule has 0 aliphatic heterocycles. The van der Waals surface area contributed by atoms with Crippen LogP contribution >= 0.6 is 0 Å². The number of nitrogens with zero attached hydrogens (tertiary/aromatic N) is 1. The van der Waals surface area contributed by atoms with Gasteiger partial charge in [0.05, 0.1) is 19.8 Å². The van der Waals surface area contributed by atoms with Crippen molar-refractivity contribution in [3.63, 3.8) is 0 Å². The van der Waals surface area contributed by atoms with Gasteiger partial charge in [-0.25, -0.2) is 0 Å². The summed E-state index contributed by atoms with van der Waals surface area (Å²) < 4.78 is 5.16. The van der Waals surface area contributed by atoms with E-state index in [1.54, 1.807) is 0 Å². The van der Waals surface area contributed by atoms with Gasteiger partial charge in [-0.2, -0.15) is 0 Å². The molecule has 0 atom stereocenters. The molecule has 0 bridgehead atoms. The first-order valence-electron chi connectivity index (χ1n) is 3.98. The van der Waals surface area contributed by atoms with Crippen LogP contribution in [0.5, 0.6) is 0 Å². The predicted molar refractivity (Wildman–Crippen MR) is 43.1 cm³/mol. The minimum absolute atomic E-state index is 0.494. The van der Waals surface area contributed by atoms with Crippen molar-refractivity contribution in [3.05, 3.63) is 0 Å². The lowest BCUT2D eigenvalue weighted by atomic mass is 10.5. The SMILES string of the molecule is CCCOCC[N]OCCN. The Morgan fingerprint density at radius 3 is 2.73 bits per heavy atom. The van der Waals surface area contributed by atoms with Crippen LogP contribution in [-0.2, 0) is 9.57 Å². The van der Waals surface area contributed by atoms with Crippen LogP contribution in [0.4, 0.5) is 0 Å². The molecule has 0 aromatic rings. The van der Waals surface area contributed by atoms with Crippen LogP contribution in [-0.4, -0.2) is 32.9 Å². The molecule has 0 saturated heterocycles. The van der Waals surface area contributed by atoms with Gasteiger partial charge in [0.1, 0.15) is 0 Å². The molecule has 0 aliphatic carbocycles. The maximum Gasteiger partial charge on any atom is 0.0825 e. The molecule has 0 rings (SSSR count). The Hall–Kier alpha value is -0.160. The summed E-state index contributed by atoms with van der Waals surface area (Å²) in [5, 5.41) is 0. The van der Waals surface area contributed by atoms with Crippen LogP contribution in [0.15, 0.2) is 0 Å². The molecule has 0 saturated carbocycles. The highest BCUT2D eigenvalue weighted by atomic mass is 16.6. The maximum atomic E-state index is 5.17. The van der Waals surface area contributed by atoms with Crippen molar-refractivity contribution in [3.8, 4) is 0 Å². The highest BCUT2D eigenvalue weighted by Gasteiger charge is 1.88. The molecule has 1 radical (unpaired) electrons. The number of hydroxylamine groups is 1. The molecule has 0 amide bonds. The largest absolute Gasteiger partial charge is 0.380 e. The topological polar surface area (TPSA) is 58.6 Å². The van der Waals surface area contributed by atoms with Crippen LogP contribution < -0.4 is 11.2 Å². The van der Waals surface area contributed by atoms with Gasteiger partial charge in [-0.05, 0) is 6.42 Å². The molecule has 0 aromatic heterocycles. The lowest BCUT2D eigenvalue weighted by Gasteiger charge is -2.01. The first-order valence-corrected chi connectivity index (χ1v) is 3.98. The number of hydrogen-bond donors (Lipinski definition) is 1. The number of ether oxygens (including phenoxy) is 1. The first-order chi connectivity index (χ1) is 5.41. The third kappa shape index (κ3) is 9.84. The van der Waals surface area contributed by atoms with Crippen LogP contribution in [0.25, 0.3) is 0 Å². The monoisotopic (exact) mass is 161 g/mol. The van der Waals surface area contributed by atoms with E-state index >= 15 is 0 Å². The molecule has 2 N–H and O–H groups in total. The molecule has 0 spiro atoms. The molecule has 4 heteroatoms. The van der Waals surface area contributed by atoms with Gasteiger partial charge in [0.25, 0.3) is 0 Å². The van der Waals surface area contributed by atoms with Gasteiger partial charge in [-0.15, -0.1) is 0 Å². The fraction of sp³-hybridized carbons (Fsp3) is 1.00. The van der Waals surface area contributed by atoms with E-state index in [1.165, 1.54) is 0 Å². The van der Waals surface area contributed by atoms with Crippen LogP contribution in [0.2, 0.25) is 0 Å². The second kappa shape index (κ2) is 9.84. The molecule has 0 unspecified atom stereocenters. The summed E-state index contributed by atoms with van der Waals surface area (Å²) in [4.78, 5) is 4.78. The molecule has 4 nitrogen and oxygen atoms in total. The van der Waals surface area contributed by atoms with E-state index in [0.717, 1.165) is 13.0 Å². The van der Waals surface area contributed by atoms with E-state index in [9.17, 15) is 0 Å². The smallest absolute Gasteiger partial charge is 0.0825 e. The Labute approximate surface area is 68.0 Å². The lowest BCUT2D eigenvalue weighted by Crippen LogP contribution is -2.18. The van der Waals surface area contributed by atoms with Gasteiger partial charge >= 0.3 is 0 Å². The Morgan fingerprint density at radius 1 is 1.27 bits per heavy atom. The fourth-order valence-electron chi connectivity index (χ4n) is 0.530. The average molecular weight is 161 g/mol. The summed E-state index contributed by atoms with van der Waals surface area (Å²) in [5.74, 6) is 0. The number of nitrogens with two attached hydrogens (primary N) is 1. The molecule has 0 fully saturated rings. The minimum atomic E-state index is 0.494. The van der Waals surface area contributed by atoms with E-state index in [-0.39, 0.29) is 0 Å². The van der Waals surface area contributed by atoms with Crippen molar-refractivity contribution >= 4 is 0 Å². The molecule has 0 heterocycles. The summed E-state index contributed by atoms with van der Waals surface area (Å²) >= 11 is 0. The minimum Gasteiger partial charge on any atom is -0.380 e. The van der Waals surface area contributed by atoms with Crippen LogP contribution in [0.1, 0.15) is 13.3 Å². The van der Waals surface area contributed by atoms with E-state index < -0.39 is 0 Å².